The summed E-state index contributed by atoms with van der Waals surface area (Å²) in [6.07, 6.45) is -0.531. The minimum absolute atomic E-state index is 0.323. The lowest BCUT2D eigenvalue weighted by atomic mass is 10.3. The van der Waals surface area contributed by atoms with Gasteiger partial charge in [0.15, 0.2) is 0 Å². The number of nitrogens with one attached hydrogen (secondary N) is 1. The predicted octanol–water partition coefficient (Wildman–Crippen LogP) is 3.10. The average molecular weight is 277 g/mol. The van der Waals surface area contributed by atoms with Crippen LogP contribution in [-0.2, 0) is 4.74 Å². The van der Waals surface area contributed by atoms with Gasteiger partial charge in [0.25, 0.3) is 0 Å². The van der Waals surface area contributed by atoms with E-state index in [0.29, 0.717) is 28.9 Å². The molecule has 94 valence electrons. The van der Waals surface area contributed by atoms with Gasteiger partial charge in [-0.15, -0.1) is 0 Å². The average Bonchev–Trinajstić information content (AvgIpc) is 2.21. The summed E-state index contributed by atoms with van der Waals surface area (Å²) in [5, 5.41) is 3.43. The summed E-state index contributed by atoms with van der Waals surface area (Å²) in [7, 11) is 3.80. The molecule has 1 rings (SSSR count). The first kappa shape index (κ1) is 14.1. The molecule has 6 heteroatoms. The van der Waals surface area contributed by atoms with Gasteiger partial charge in [-0.1, -0.05) is 23.2 Å². The van der Waals surface area contributed by atoms with Crippen LogP contribution in [0.5, 0.6) is 0 Å². The van der Waals surface area contributed by atoms with E-state index in [1.165, 1.54) is 0 Å². The molecule has 0 spiro atoms. The Morgan fingerprint density at radius 1 is 1.41 bits per heavy atom. The molecule has 1 N–H and O–H groups in total. The van der Waals surface area contributed by atoms with Gasteiger partial charge in [-0.05, 0) is 32.3 Å². The van der Waals surface area contributed by atoms with Crippen LogP contribution in [0.1, 0.15) is 0 Å². The normalized spacial score (nSPS) is 10.4. The van der Waals surface area contributed by atoms with Crippen LogP contribution >= 0.6 is 23.2 Å². The maximum Gasteiger partial charge on any atom is 0.411 e. The van der Waals surface area contributed by atoms with Crippen molar-refractivity contribution >= 4 is 35.0 Å². The number of likely N-dealkylation sites (N-methyl/N-ethyl adjacent to an activating group) is 1. The molecule has 17 heavy (non-hydrogen) atoms. The zero-order valence-electron chi connectivity index (χ0n) is 9.67. The standard InChI is InChI=1S/C11H14Cl2N2O2/c1-15(2)5-6-17-11(16)14-10-4-3-8(12)7-9(10)13/h3-4,7H,5-6H2,1-2H3,(H,14,16). The minimum Gasteiger partial charge on any atom is -0.448 e. The molecule has 0 bridgehead atoms. The molecule has 0 aliphatic heterocycles. The highest BCUT2D eigenvalue weighted by Gasteiger charge is 2.07. The van der Waals surface area contributed by atoms with Crippen molar-refractivity contribution in [2.45, 2.75) is 0 Å². The van der Waals surface area contributed by atoms with Crippen molar-refractivity contribution < 1.29 is 9.53 Å². The molecule has 4 nitrogen and oxygen atoms in total. The number of amides is 1. The molecule has 0 radical (unpaired) electrons. The first-order valence-corrected chi connectivity index (χ1v) is 5.78. The summed E-state index contributed by atoms with van der Waals surface area (Å²) >= 11 is 11.6. The number of ether oxygens (including phenoxy) is 1. The van der Waals surface area contributed by atoms with Gasteiger partial charge in [0.2, 0.25) is 0 Å². The summed E-state index contributed by atoms with van der Waals surface area (Å²) in [4.78, 5) is 13.3. The smallest absolute Gasteiger partial charge is 0.411 e. The van der Waals surface area contributed by atoms with Crippen LogP contribution < -0.4 is 5.32 Å². The molecular formula is C11H14Cl2N2O2. The van der Waals surface area contributed by atoms with E-state index in [9.17, 15) is 4.79 Å². The first-order valence-electron chi connectivity index (χ1n) is 5.02. The van der Waals surface area contributed by atoms with E-state index in [4.69, 9.17) is 27.9 Å². The number of carbonyl (C=O) groups excluding carboxylic acids is 1. The summed E-state index contributed by atoms with van der Waals surface area (Å²) < 4.78 is 4.96. The highest BCUT2D eigenvalue weighted by molar-refractivity contribution is 6.36. The number of benzene rings is 1. The third kappa shape index (κ3) is 5.26. The van der Waals surface area contributed by atoms with Crippen molar-refractivity contribution in [3.63, 3.8) is 0 Å². The first-order chi connectivity index (χ1) is 7.99. The van der Waals surface area contributed by atoms with E-state index in [-0.39, 0.29) is 0 Å². The zero-order valence-corrected chi connectivity index (χ0v) is 11.2. The molecule has 0 aliphatic rings. The Hall–Kier alpha value is -0.970. The van der Waals surface area contributed by atoms with Crippen LogP contribution in [-0.4, -0.2) is 38.2 Å². The van der Waals surface area contributed by atoms with Crippen LogP contribution in [0.25, 0.3) is 0 Å². The number of hydrogen-bond donors (Lipinski definition) is 1. The maximum atomic E-state index is 11.4. The number of carbonyl (C=O) groups is 1. The molecule has 0 unspecified atom stereocenters. The monoisotopic (exact) mass is 276 g/mol. The van der Waals surface area contributed by atoms with Crippen molar-refractivity contribution in [3.8, 4) is 0 Å². The number of halogens is 2. The summed E-state index contributed by atoms with van der Waals surface area (Å²) in [6, 6.07) is 4.82. The van der Waals surface area contributed by atoms with E-state index in [1.54, 1.807) is 18.2 Å². The lowest BCUT2D eigenvalue weighted by Crippen LogP contribution is -2.22. The SMILES string of the molecule is CN(C)CCOC(=O)Nc1ccc(Cl)cc1Cl. The molecule has 0 aliphatic carbocycles. The second-order valence-corrected chi connectivity index (χ2v) is 4.53. The van der Waals surface area contributed by atoms with Gasteiger partial charge in [0.1, 0.15) is 6.61 Å². The molecule has 0 heterocycles. The fourth-order valence-corrected chi connectivity index (χ4v) is 1.51. The number of rotatable bonds is 4. The largest absolute Gasteiger partial charge is 0.448 e. The molecular weight excluding hydrogens is 263 g/mol. The maximum absolute atomic E-state index is 11.4. The Bertz CT molecular complexity index is 397. The van der Waals surface area contributed by atoms with E-state index < -0.39 is 6.09 Å². The molecule has 0 saturated heterocycles. The molecule has 0 atom stereocenters. The molecule has 0 aromatic heterocycles. The van der Waals surface area contributed by atoms with E-state index in [1.807, 2.05) is 19.0 Å². The summed E-state index contributed by atoms with van der Waals surface area (Å²) in [6.45, 7) is 0.992. The molecule has 1 aromatic carbocycles. The van der Waals surface area contributed by atoms with E-state index in [0.717, 1.165) is 0 Å². The predicted molar refractivity (Wildman–Crippen MR) is 70.0 cm³/mol. The Labute approximate surface area is 110 Å². The molecule has 1 aromatic rings. The number of anilines is 1. The van der Waals surface area contributed by atoms with Crippen molar-refractivity contribution in [1.29, 1.82) is 0 Å². The summed E-state index contributed by atoms with van der Waals surface area (Å²) in [5.41, 5.74) is 0.478. The minimum atomic E-state index is -0.531. The Morgan fingerprint density at radius 2 is 2.12 bits per heavy atom. The third-order valence-electron chi connectivity index (χ3n) is 1.94. The van der Waals surface area contributed by atoms with Crippen molar-refractivity contribution in [2.24, 2.45) is 0 Å². The fraction of sp³-hybridized carbons (Fsp3) is 0.364. The van der Waals surface area contributed by atoms with Gasteiger partial charge >= 0.3 is 6.09 Å². The quantitative estimate of drug-likeness (QED) is 0.919. The van der Waals surface area contributed by atoms with Gasteiger partial charge in [-0.25, -0.2) is 4.79 Å². The van der Waals surface area contributed by atoms with Gasteiger partial charge in [0.05, 0.1) is 10.7 Å². The van der Waals surface area contributed by atoms with Crippen LogP contribution in [0.4, 0.5) is 10.5 Å². The molecule has 1 amide bonds. The Balaban J connectivity index is 2.45. The van der Waals surface area contributed by atoms with Crippen LogP contribution in [0, 0.1) is 0 Å². The topological polar surface area (TPSA) is 41.6 Å². The van der Waals surface area contributed by atoms with Gasteiger partial charge < -0.3 is 9.64 Å². The Morgan fingerprint density at radius 3 is 2.71 bits per heavy atom. The van der Waals surface area contributed by atoms with Crippen LogP contribution in [0.15, 0.2) is 18.2 Å². The van der Waals surface area contributed by atoms with Crippen molar-refractivity contribution in [2.75, 3.05) is 32.6 Å². The number of nitrogens with zero attached hydrogens (tertiary/aromatic N) is 1. The van der Waals surface area contributed by atoms with Gasteiger partial charge in [0, 0.05) is 11.6 Å². The number of hydrogen-bond acceptors (Lipinski definition) is 3. The lowest BCUT2D eigenvalue weighted by molar-refractivity contribution is 0.151. The molecule has 0 saturated carbocycles. The second kappa shape index (κ2) is 6.69. The second-order valence-electron chi connectivity index (χ2n) is 3.69. The Kier molecular flexibility index (Phi) is 5.55. The van der Waals surface area contributed by atoms with Crippen molar-refractivity contribution in [3.05, 3.63) is 28.2 Å². The van der Waals surface area contributed by atoms with Gasteiger partial charge in [-0.3, -0.25) is 5.32 Å². The van der Waals surface area contributed by atoms with Crippen LogP contribution in [0.3, 0.4) is 0 Å². The van der Waals surface area contributed by atoms with Crippen LogP contribution in [0.2, 0.25) is 10.0 Å². The molecule has 0 fully saturated rings. The fourth-order valence-electron chi connectivity index (χ4n) is 1.06. The third-order valence-corrected chi connectivity index (χ3v) is 2.49. The lowest BCUT2D eigenvalue weighted by Gasteiger charge is -2.11. The van der Waals surface area contributed by atoms with E-state index in [2.05, 4.69) is 5.32 Å². The van der Waals surface area contributed by atoms with Gasteiger partial charge in [-0.2, -0.15) is 0 Å². The highest BCUT2D eigenvalue weighted by Crippen LogP contribution is 2.25. The van der Waals surface area contributed by atoms with Crippen molar-refractivity contribution in [1.82, 2.24) is 4.90 Å². The van der Waals surface area contributed by atoms with E-state index >= 15 is 0 Å². The highest BCUT2D eigenvalue weighted by atomic mass is 35.5. The summed E-state index contributed by atoms with van der Waals surface area (Å²) in [5.74, 6) is 0. The zero-order chi connectivity index (χ0) is 12.8.